The highest BCUT2D eigenvalue weighted by Crippen LogP contribution is 2.27. The number of anilines is 4. The third-order valence-corrected chi connectivity index (χ3v) is 22.1. The van der Waals surface area contributed by atoms with Crippen molar-refractivity contribution in [3.63, 3.8) is 0 Å². The number of rotatable bonds is 28. The summed E-state index contributed by atoms with van der Waals surface area (Å²) in [7, 11) is -11.5. The fourth-order valence-corrected chi connectivity index (χ4v) is 14.1. The molecule has 0 atom stereocenters. The number of nitrogens with zero attached hydrogens (tertiary/aromatic N) is 4. The van der Waals surface area contributed by atoms with Gasteiger partial charge < -0.3 is 41.7 Å². The van der Waals surface area contributed by atoms with Gasteiger partial charge in [0, 0.05) is 135 Å². The Morgan fingerprint density at radius 1 is 0.390 bits per heavy atom. The lowest BCUT2D eigenvalue weighted by molar-refractivity contribution is 0.101. The highest BCUT2D eigenvalue weighted by molar-refractivity contribution is 7.90. The molecule has 105 heavy (non-hydrogen) atoms. The van der Waals surface area contributed by atoms with E-state index in [1.165, 1.54) is 130 Å². The summed E-state index contributed by atoms with van der Waals surface area (Å²) in [4.78, 5) is 48.7. The first-order chi connectivity index (χ1) is 49.5. The monoisotopic (exact) mass is 1550 g/mol. The van der Waals surface area contributed by atoms with E-state index in [9.17, 15) is 92.4 Å². The first kappa shape index (κ1) is 86.1. The summed E-state index contributed by atoms with van der Waals surface area (Å²) in [5.41, 5.74) is 0.228. The van der Waals surface area contributed by atoms with Crippen molar-refractivity contribution >= 4 is 86.5 Å². The first-order valence-corrected chi connectivity index (χ1v) is 36.6. The Kier molecular flexibility index (Phi) is 32.5. The Morgan fingerprint density at radius 3 is 1.03 bits per heavy atom. The summed E-state index contributed by atoms with van der Waals surface area (Å²) in [6.45, 7) is -0.260. The van der Waals surface area contributed by atoms with E-state index in [-0.39, 0.29) is 130 Å². The number of carbonyl (C=O) groups is 4. The number of aliphatic hydroxyl groups excluding tert-OH is 4. The summed E-state index contributed by atoms with van der Waals surface area (Å²) >= 11 is 0. The number of amides is 4. The summed E-state index contributed by atoms with van der Waals surface area (Å²) in [5, 5.41) is 45.0. The van der Waals surface area contributed by atoms with Crippen LogP contribution in [0.1, 0.15) is 72.3 Å². The van der Waals surface area contributed by atoms with Crippen molar-refractivity contribution in [1.29, 1.82) is 0 Å². The lowest BCUT2D eigenvalue weighted by Crippen LogP contribution is -2.33. The van der Waals surface area contributed by atoms with E-state index in [1.54, 1.807) is 25.1 Å². The van der Waals surface area contributed by atoms with Crippen molar-refractivity contribution in [1.82, 2.24) is 17.2 Å². The molecule has 0 bridgehead atoms. The molecule has 8 N–H and O–H groups in total. The average Bonchev–Trinajstić information content (AvgIpc) is 0.818. The van der Waals surface area contributed by atoms with Gasteiger partial charge in [-0.2, -0.15) is 12.9 Å². The molecule has 0 saturated heterocycles. The van der Waals surface area contributed by atoms with Gasteiger partial charge in [-0.3, -0.25) is 19.2 Å². The molecule has 37 heteroatoms. The fourth-order valence-electron chi connectivity index (χ4n) is 8.93. The molecule has 0 unspecified atom stereocenters. The molecule has 4 amide bonds. The number of hydrogen-bond donors (Lipinski definition) is 8. The van der Waals surface area contributed by atoms with Crippen LogP contribution in [0.25, 0.3) is 0 Å². The van der Waals surface area contributed by atoms with E-state index in [0.29, 0.717) is 35.5 Å². The van der Waals surface area contributed by atoms with E-state index in [2.05, 4.69) is 21.3 Å². The maximum Gasteiger partial charge on any atom is 0.263 e. The van der Waals surface area contributed by atoms with Gasteiger partial charge >= 0.3 is 0 Å². The number of alkyl halides is 3. The Bertz CT molecular complexity index is 4800. The maximum atomic E-state index is 13.2. The maximum absolute atomic E-state index is 13.2. The summed E-state index contributed by atoms with van der Waals surface area (Å²) in [6.07, 6.45) is -2.42. The zero-order valence-electron chi connectivity index (χ0n) is 56.0. The largest absolute Gasteiger partial charge is 0.396 e. The van der Waals surface area contributed by atoms with Crippen molar-refractivity contribution < 1.29 is 113 Å². The second-order valence-corrected chi connectivity index (χ2v) is 30.0. The lowest BCUT2D eigenvalue weighted by Gasteiger charge is -2.19. The van der Waals surface area contributed by atoms with Gasteiger partial charge in [0.1, 0.15) is 6.67 Å². The highest BCUT2D eigenvalue weighted by Gasteiger charge is 2.27. The minimum absolute atomic E-state index is 0.0468. The number of nitrogens with one attached hydrogen (secondary N) is 4. The molecule has 0 spiro atoms. The normalized spacial score (nSPS) is 11.6. The molecule has 0 aliphatic carbocycles. The molecule has 8 aromatic carbocycles. The molecule has 24 nitrogen and oxygen atoms in total. The number of benzene rings is 8. The minimum Gasteiger partial charge on any atom is -0.396 e. The molecule has 8 aromatic rings. The van der Waals surface area contributed by atoms with Crippen LogP contribution < -0.4 is 21.3 Å². The third-order valence-electron chi connectivity index (χ3n) is 14.5. The molecular formula is C68H71F9N8O16S4. The molecule has 0 aliphatic heterocycles. The topological polar surface area (TPSA) is 347 Å². The van der Waals surface area contributed by atoms with Gasteiger partial charge in [0.25, 0.3) is 30.1 Å². The van der Waals surface area contributed by atoms with Gasteiger partial charge in [0.2, 0.25) is 40.1 Å². The summed E-state index contributed by atoms with van der Waals surface area (Å²) < 4.78 is 221. The fraction of sp³-hybridized carbons (Fsp3) is 0.235. The zero-order valence-corrected chi connectivity index (χ0v) is 59.3. The smallest absolute Gasteiger partial charge is 0.263 e. The Hall–Kier alpha value is -9.51. The van der Waals surface area contributed by atoms with Gasteiger partial charge in [0.05, 0.1) is 39.4 Å². The van der Waals surface area contributed by atoms with E-state index < -0.39 is 112 Å². The van der Waals surface area contributed by atoms with E-state index in [0.717, 1.165) is 35.4 Å². The number of likely N-dealkylation sites (N-methyl/N-ethyl adjacent to an activating group) is 3. The lowest BCUT2D eigenvalue weighted by atomic mass is 10.2. The molecule has 0 aliphatic rings. The van der Waals surface area contributed by atoms with Crippen LogP contribution in [0.3, 0.4) is 0 Å². The average molecular weight is 1560 g/mol. The van der Waals surface area contributed by atoms with Crippen molar-refractivity contribution in [2.75, 3.05) is 102 Å². The second kappa shape index (κ2) is 39.6. The Balaban J connectivity index is 0.000000252. The SMILES string of the molecule is CCN(CCO)S(=O)(=O)c1cccc(C(=O)Nc2cc(F)c(F)c(F)c2)c1.CN(CCCO)S(=O)(=O)c1cccc(C(=O)Nc2cc(F)c(F)c(F)c2)c1.CN(CCO)S(=O)(=O)c1cccc(C(=O)Nc2cccc(C(F)F)c2)c1.CN(CCO)S(=O)(=O)c1cccc(C(=O)Nc2cccc(CF)c2)c1. The van der Waals surface area contributed by atoms with Gasteiger partial charge in [-0.05, 0) is 109 Å². The van der Waals surface area contributed by atoms with Gasteiger partial charge in [0.15, 0.2) is 34.9 Å². The summed E-state index contributed by atoms with van der Waals surface area (Å²) in [6, 6.07) is 35.0. The van der Waals surface area contributed by atoms with Crippen LogP contribution in [0.15, 0.2) is 189 Å². The van der Waals surface area contributed by atoms with E-state index in [4.69, 9.17) is 20.4 Å². The molecule has 566 valence electrons. The molecular weight excluding hydrogens is 1480 g/mol. The quantitative estimate of drug-likeness (QED) is 0.0167. The number of hydrogen-bond acceptors (Lipinski definition) is 16. The standard InChI is InChI=1S/2C17H17F3N2O4S.C17H18F2N2O4S.C17H19FN2O4S/c1-22(6-3-7-23)27(25,26)13-5-2-4-11(8-13)17(24)21-12-9-14(18)16(20)15(19)10-12;1-2-22(6-7-23)27(25,26)13-5-3-4-11(8-13)17(24)21-12-9-14(18)16(20)15(19)10-12;1-21(8-9-22)26(24,25)15-7-3-5-13(11-15)17(23)20-14-6-2-4-12(10-14)16(18)19;1-20(8-9-21)25(23,24)16-7-3-5-14(11-16)17(22)19-15-6-2-4-13(10-15)12-18/h2,4-5,8-10,23H,3,6-7H2,1H3,(H,21,24);3-5,8-10,23H,2,6-7H2,1H3,(H,21,24);2-7,10-11,16,22H,8-9H2,1H3,(H,20,23);2-7,10-11,21H,8-9,12H2,1H3,(H,19,22). The number of sulfonamides is 4. The summed E-state index contributed by atoms with van der Waals surface area (Å²) in [5.74, 6) is -12.0. The highest BCUT2D eigenvalue weighted by atomic mass is 32.2. The van der Waals surface area contributed by atoms with Crippen molar-refractivity contribution in [2.45, 2.75) is 46.0 Å². The van der Waals surface area contributed by atoms with E-state index >= 15 is 0 Å². The second-order valence-electron chi connectivity index (χ2n) is 21.9. The van der Waals surface area contributed by atoms with Crippen molar-refractivity contribution in [2.24, 2.45) is 0 Å². The molecule has 8 rings (SSSR count). The molecule has 0 saturated carbocycles. The van der Waals surface area contributed by atoms with Crippen molar-refractivity contribution in [3.8, 4) is 0 Å². The van der Waals surface area contributed by atoms with Gasteiger partial charge in [-0.15, -0.1) is 0 Å². The Morgan fingerprint density at radius 2 is 0.705 bits per heavy atom. The number of halogens is 9. The Labute approximate surface area is 599 Å². The molecule has 0 heterocycles. The minimum atomic E-state index is -3.94. The third kappa shape index (κ3) is 24.0. The predicted octanol–water partition coefficient (Wildman–Crippen LogP) is 9.23. The van der Waals surface area contributed by atoms with Crippen LogP contribution in [0.5, 0.6) is 0 Å². The van der Waals surface area contributed by atoms with Gasteiger partial charge in [-0.25, -0.2) is 77.5 Å². The van der Waals surface area contributed by atoms with Gasteiger partial charge in [-0.1, -0.05) is 55.5 Å². The van der Waals surface area contributed by atoms with Crippen LogP contribution in [0.4, 0.5) is 62.3 Å². The predicted molar refractivity (Wildman–Crippen MR) is 370 cm³/mol. The number of aliphatic hydroxyl groups is 4. The first-order valence-electron chi connectivity index (χ1n) is 30.8. The van der Waals surface area contributed by atoms with Crippen LogP contribution in [-0.4, -0.2) is 175 Å². The number of carbonyl (C=O) groups excluding carboxylic acids is 4. The molecule has 0 radical (unpaired) electrons. The van der Waals surface area contributed by atoms with E-state index in [1.807, 2.05) is 0 Å². The molecule has 0 aromatic heterocycles. The van der Waals surface area contributed by atoms with Crippen LogP contribution >= 0.6 is 0 Å². The zero-order chi connectivity index (χ0) is 78.1. The van der Waals surface area contributed by atoms with Crippen molar-refractivity contribution in [3.05, 3.63) is 238 Å². The van der Waals surface area contributed by atoms with Crippen LogP contribution in [0.2, 0.25) is 0 Å². The molecule has 0 fully saturated rings. The van der Waals surface area contributed by atoms with Crippen LogP contribution in [0, 0.1) is 34.9 Å². The van der Waals surface area contributed by atoms with Crippen LogP contribution in [-0.2, 0) is 46.8 Å².